The Morgan fingerprint density at radius 3 is 2.29 bits per heavy atom. The number of ether oxygens (including phenoxy) is 7. The van der Waals surface area contributed by atoms with Gasteiger partial charge < -0.3 is 33.2 Å². The number of ketones is 2. The Morgan fingerprint density at radius 2 is 1.60 bits per heavy atom. The molecule has 5 rings (SSSR count). The van der Waals surface area contributed by atoms with Gasteiger partial charge in [-0.15, -0.1) is 0 Å². The minimum atomic E-state index is -1.17. The maximum absolute atomic E-state index is 14.0. The van der Waals surface area contributed by atoms with E-state index in [9.17, 15) is 14.4 Å². The van der Waals surface area contributed by atoms with Crippen molar-refractivity contribution < 1.29 is 47.5 Å². The third-order valence-electron chi connectivity index (χ3n) is 6.38. The molecule has 0 amide bonds. The van der Waals surface area contributed by atoms with Crippen LogP contribution >= 0.6 is 0 Å². The minimum absolute atomic E-state index is 0.0160. The Bertz CT molecular complexity index is 1130. The van der Waals surface area contributed by atoms with Gasteiger partial charge >= 0.3 is 5.97 Å². The number of hydrogen-bond acceptors (Lipinski definition) is 10. The molecule has 10 nitrogen and oxygen atoms in total. The number of esters is 1. The summed E-state index contributed by atoms with van der Waals surface area (Å²) in [4.78, 5) is 40.6. The summed E-state index contributed by atoms with van der Waals surface area (Å²) < 4.78 is 41.0. The van der Waals surface area contributed by atoms with Crippen molar-refractivity contribution in [3.05, 3.63) is 40.5 Å². The first-order valence-electron chi connectivity index (χ1n) is 11.5. The Hall–Kier alpha value is -2.63. The molecular formula is C25H28O10. The molecule has 35 heavy (non-hydrogen) atoms. The van der Waals surface area contributed by atoms with Gasteiger partial charge in [0.25, 0.3) is 0 Å². The van der Waals surface area contributed by atoms with E-state index in [4.69, 9.17) is 33.2 Å². The number of hydrogen-bond donors (Lipinski definition) is 0. The van der Waals surface area contributed by atoms with Crippen molar-refractivity contribution in [2.45, 2.75) is 76.9 Å². The summed E-state index contributed by atoms with van der Waals surface area (Å²) in [6.45, 7) is 8.56. The van der Waals surface area contributed by atoms with Crippen LogP contribution in [0.15, 0.2) is 29.3 Å². The van der Waals surface area contributed by atoms with E-state index in [-0.39, 0.29) is 29.1 Å². The lowest BCUT2D eigenvalue weighted by atomic mass is 9.78. The molecule has 0 saturated carbocycles. The minimum Gasteiger partial charge on any atom is -0.496 e. The van der Waals surface area contributed by atoms with Gasteiger partial charge in [0.15, 0.2) is 23.6 Å². The molecule has 0 aromatic heterocycles. The molecule has 10 heteroatoms. The van der Waals surface area contributed by atoms with Crippen molar-refractivity contribution in [2.75, 3.05) is 13.7 Å². The molecule has 4 aliphatic rings. The number of benzene rings is 1. The lowest BCUT2D eigenvalue weighted by Gasteiger charge is -2.39. The summed E-state index contributed by atoms with van der Waals surface area (Å²) in [5, 5.41) is 0. The zero-order valence-electron chi connectivity index (χ0n) is 20.4. The molecule has 1 aliphatic carbocycles. The van der Waals surface area contributed by atoms with Gasteiger partial charge in [-0.25, -0.2) is 4.79 Å². The van der Waals surface area contributed by atoms with Crippen molar-refractivity contribution in [1.29, 1.82) is 0 Å². The monoisotopic (exact) mass is 488 g/mol. The highest BCUT2D eigenvalue weighted by atomic mass is 16.9. The molecule has 188 valence electrons. The molecule has 3 saturated heterocycles. The zero-order chi connectivity index (χ0) is 25.3. The Labute approximate surface area is 202 Å². The first-order chi connectivity index (χ1) is 16.5. The summed E-state index contributed by atoms with van der Waals surface area (Å²) in [6, 6.07) is 4.63. The van der Waals surface area contributed by atoms with E-state index in [2.05, 4.69) is 0 Å². The van der Waals surface area contributed by atoms with E-state index < -0.39 is 65.4 Å². The number of rotatable bonds is 4. The van der Waals surface area contributed by atoms with Crippen LogP contribution in [0.4, 0.5) is 0 Å². The van der Waals surface area contributed by atoms with Gasteiger partial charge in [-0.2, -0.15) is 0 Å². The molecule has 0 N–H and O–H groups in total. The van der Waals surface area contributed by atoms with E-state index in [1.807, 2.05) is 0 Å². The van der Waals surface area contributed by atoms with Crippen LogP contribution in [0.5, 0.6) is 5.75 Å². The summed E-state index contributed by atoms with van der Waals surface area (Å²) >= 11 is 0. The lowest BCUT2D eigenvalue weighted by Crippen LogP contribution is -2.57. The molecule has 3 fully saturated rings. The Balaban J connectivity index is 1.68. The van der Waals surface area contributed by atoms with Crippen LogP contribution in [0, 0.1) is 0 Å². The van der Waals surface area contributed by atoms with Gasteiger partial charge in [0, 0.05) is 5.56 Å². The van der Waals surface area contributed by atoms with Gasteiger partial charge in [0.1, 0.15) is 35.7 Å². The third-order valence-corrected chi connectivity index (χ3v) is 6.38. The molecule has 5 atom stereocenters. The Morgan fingerprint density at radius 1 is 0.943 bits per heavy atom. The molecule has 3 aliphatic heterocycles. The highest BCUT2D eigenvalue weighted by Gasteiger charge is 2.62. The number of carbonyl (C=O) groups excluding carboxylic acids is 3. The zero-order valence-corrected chi connectivity index (χ0v) is 20.4. The van der Waals surface area contributed by atoms with Crippen molar-refractivity contribution >= 4 is 17.5 Å². The van der Waals surface area contributed by atoms with Crippen LogP contribution in [0.1, 0.15) is 55.3 Å². The van der Waals surface area contributed by atoms with Crippen molar-refractivity contribution in [3.63, 3.8) is 0 Å². The van der Waals surface area contributed by atoms with E-state index in [1.54, 1.807) is 46.8 Å². The predicted octanol–water partition coefficient (Wildman–Crippen LogP) is 2.33. The average molecular weight is 488 g/mol. The fraction of sp³-hybridized carbons (Fsp3) is 0.560. The van der Waals surface area contributed by atoms with Gasteiger partial charge in [-0.3, -0.25) is 9.59 Å². The summed E-state index contributed by atoms with van der Waals surface area (Å²) in [5.41, 5.74) is -0.468. The number of fused-ring (bicyclic) bond motifs is 4. The van der Waals surface area contributed by atoms with Gasteiger partial charge in [-0.05, 0) is 40.7 Å². The molecule has 1 unspecified atom stereocenters. The standard InChI is InChI=1S/C25H28O10/c1-7-30-22(28)15-14(17(27)13-11(16(15)26)9-8-10-12(13)29-6)18-19-20(33-24(2,3)32-19)21-23(31-18)35-25(4,5)34-21/h8-10,18-21,23H,7H2,1-6H3/t18?,19-,20-,21+,23+/m0/s1. The van der Waals surface area contributed by atoms with Gasteiger partial charge in [-0.1, -0.05) is 12.1 Å². The molecule has 0 bridgehead atoms. The van der Waals surface area contributed by atoms with E-state index in [1.165, 1.54) is 13.2 Å². The van der Waals surface area contributed by atoms with E-state index in [0.717, 1.165) is 0 Å². The van der Waals surface area contributed by atoms with Crippen molar-refractivity contribution in [1.82, 2.24) is 0 Å². The molecule has 1 aromatic rings. The van der Waals surface area contributed by atoms with Gasteiger partial charge in [0.05, 0.1) is 24.9 Å². The lowest BCUT2D eigenvalue weighted by molar-refractivity contribution is -0.224. The van der Waals surface area contributed by atoms with Crippen molar-refractivity contribution in [3.8, 4) is 5.75 Å². The van der Waals surface area contributed by atoms with Crippen LogP contribution in [-0.4, -0.2) is 73.5 Å². The first-order valence-corrected chi connectivity index (χ1v) is 11.5. The van der Waals surface area contributed by atoms with Crippen LogP contribution in [0.2, 0.25) is 0 Å². The number of methoxy groups -OCH3 is 1. The molecule has 1 aromatic carbocycles. The Kier molecular flexibility index (Phi) is 5.65. The number of Topliss-reactive ketones (excluding diaryl/α,β-unsaturated/α-hetero) is 2. The normalized spacial score (nSPS) is 32.7. The topological polar surface area (TPSA) is 116 Å². The second kappa shape index (κ2) is 8.21. The molecule has 0 radical (unpaired) electrons. The number of carbonyl (C=O) groups is 3. The van der Waals surface area contributed by atoms with Crippen molar-refractivity contribution in [2.24, 2.45) is 0 Å². The fourth-order valence-corrected chi connectivity index (χ4v) is 5.15. The smallest absolute Gasteiger partial charge is 0.342 e. The van der Waals surface area contributed by atoms with E-state index in [0.29, 0.717) is 0 Å². The third kappa shape index (κ3) is 3.80. The maximum atomic E-state index is 14.0. The second-order valence-electron chi connectivity index (χ2n) is 9.64. The fourth-order valence-electron chi connectivity index (χ4n) is 5.15. The molecular weight excluding hydrogens is 460 g/mol. The summed E-state index contributed by atoms with van der Waals surface area (Å²) in [5.74, 6) is -3.98. The van der Waals surface area contributed by atoms with Crippen LogP contribution in [-0.2, 0) is 33.2 Å². The molecule has 0 spiro atoms. The quantitative estimate of drug-likeness (QED) is 0.462. The SMILES string of the molecule is CCOC(=O)C1=C(C2O[C@@H]3OC(C)(C)O[C@@H]3[C@H]3OC(C)(C)O[C@@H]23)C(=O)c2c(OC)cccc2C1=O. The second-order valence-corrected chi connectivity index (χ2v) is 9.64. The molecule has 3 heterocycles. The summed E-state index contributed by atoms with van der Waals surface area (Å²) in [7, 11) is 1.40. The average Bonchev–Trinajstić information content (AvgIpc) is 3.28. The summed E-state index contributed by atoms with van der Waals surface area (Å²) in [6.07, 6.45) is -4.29. The van der Waals surface area contributed by atoms with Gasteiger partial charge in [0.2, 0.25) is 5.78 Å². The van der Waals surface area contributed by atoms with Crippen LogP contribution in [0.25, 0.3) is 0 Å². The highest BCUT2D eigenvalue weighted by molar-refractivity contribution is 6.36. The maximum Gasteiger partial charge on any atom is 0.342 e. The van der Waals surface area contributed by atoms with Crippen LogP contribution in [0.3, 0.4) is 0 Å². The largest absolute Gasteiger partial charge is 0.496 e. The van der Waals surface area contributed by atoms with E-state index >= 15 is 0 Å². The first kappa shape index (κ1) is 24.1. The predicted molar refractivity (Wildman–Crippen MR) is 118 cm³/mol. The van der Waals surface area contributed by atoms with Crippen LogP contribution < -0.4 is 4.74 Å². The highest BCUT2D eigenvalue weighted by Crippen LogP contribution is 2.47.